The molecule has 2 aromatic carbocycles. The molecule has 0 bridgehead atoms. The van der Waals surface area contributed by atoms with Gasteiger partial charge < -0.3 is 5.32 Å². The molecule has 0 spiro atoms. The van der Waals surface area contributed by atoms with Crippen LogP contribution >= 0.6 is 23.2 Å². The summed E-state index contributed by atoms with van der Waals surface area (Å²) in [6.07, 6.45) is 0. The van der Waals surface area contributed by atoms with Crippen molar-refractivity contribution in [3.05, 3.63) is 64.7 Å². The van der Waals surface area contributed by atoms with Gasteiger partial charge in [0, 0.05) is 10.7 Å². The average molecular weight is 305 g/mol. The van der Waals surface area contributed by atoms with Crippen molar-refractivity contribution in [3.63, 3.8) is 0 Å². The third kappa shape index (κ3) is 3.51. The Bertz CT molecular complexity index is 680. The Kier molecular flexibility index (Phi) is 4.62. The van der Waals surface area contributed by atoms with Gasteiger partial charge >= 0.3 is 0 Å². The molecule has 5 heteroatoms. The molecule has 100 valence electrons. The number of carbonyl (C=O) groups is 1. The summed E-state index contributed by atoms with van der Waals surface area (Å²) in [5.41, 5.74) is 1.62. The van der Waals surface area contributed by atoms with E-state index >= 15 is 0 Å². The lowest BCUT2D eigenvalue weighted by atomic mass is 10.1. The predicted octanol–water partition coefficient (Wildman–Crippen LogP) is 4.13. The summed E-state index contributed by atoms with van der Waals surface area (Å²) < 4.78 is 0. The number of hydrogen-bond donors (Lipinski definition) is 1. The summed E-state index contributed by atoms with van der Waals surface area (Å²) in [4.78, 5) is 12.1. The maximum atomic E-state index is 12.1. The Morgan fingerprint density at radius 1 is 1.20 bits per heavy atom. The van der Waals surface area contributed by atoms with E-state index < -0.39 is 5.38 Å². The summed E-state index contributed by atoms with van der Waals surface area (Å²) in [7, 11) is 0. The molecule has 1 atom stereocenters. The van der Waals surface area contributed by atoms with Crippen LogP contribution in [0.15, 0.2) is 48.5 Å². The van der Waals surface area contributed by atoms with Crippen molar-refractivity contribution in [3.8, 4) is 6.07 Å². The maximum Gasteiger partial charge on any atom is 0.246 e. The summed E-state index contributed by atoms with van der Waals surface area (Å²) in [5, 5.41) is 11.2. The molecule has 3 nitrogen and oxygen atoms in total. The van der Waals surface area contributed by atoms with Crippen LogP contribution in [0.5, 0.6) is 0 Å². The minimum Gasteiger partial charge on any atom is -0.324 e. The number of nitrogens with one attached hydrogen (secondary N) is 1. The fourth-order valence-electron chi connectivity index (χ4n) is 1.69. The number of nitrogens with zero attached hydrogens (tertiary/aromatic N) is 1. The van der Waals surface area contributed by atoms with Crippen molar-refractivity contribution >= 4 is 34.8 Å². The Balaban J connectivity index is 2.13. The molecule has 1 N–H and O–H groups in total. The van der Waals surface area contributed by atoms with Crippen LogP contribution in [-0.2, 0) is 4.79 Å². The number of amides is 1. The van der Waals surface area contributed by atoms with Crippen LogP contribution in [0.3, 0.4) is 0 Å². The molecule has 0 saturated heterocycles. The highest BCUT2D eigenvalue weighted by Gasteiger charge is 2.18. The van der Waals surface area contributed by atoms with Gasteiger partial charge in [0.2, 0.25) is 5.91 Å². The average Bonchev–Trinajstić information content (AvgIpc) is 2.46. The number of rotatable bonds is 3. The first kappa shape index (κ1) is 14.4. The second-order valence-electron chi connectivity index (χ2n) is 4.10. The molecule has 1 unspecified atom stereocenters. The number of alkyl halides is 1. The van der Waals surface area contributed by atoms with Crippen LogP contribution in [0, 0.1) is 11.3 Å². The lowest BCUT2D eigenvalue weighted by Crippen LogP contribution is -2.17. The quantitative estimate of drug-likeness (QED) is 0.867. The highest BCUT2D eigenvalue weighted by atomic mass is 35.5. The largest absolute Gasteiger partial charge is 0.324 e. The van der Waals surface area contributed by atoms with Gasteiger partial charge in [0.15, 0.2) is 0 Å². The molecule has 0 saturated carbocycles. The van der Waals surface area contributed by atoms with Crippen LogP contribution in [0.4, 0.5) is 5.69 Å². The molecular weight excluding hydrogens is 295 g/mol. The molecule has 0 fully saturated rings. The van der Waals surface area contributed by atoms with Crippen molar-refractivity contribution < 1.29 is 4.79 Å². The summed E-state index contributed by atoms with van der Waals surface area (Å²) in [6.45, 7) is 0. The van der Waals surface area contributed by atoms with Gasteiger partial charge in [-0.05, 0) is 35.9 Å². The third-order valence-corrected chi connectivity index (χ3v) is 3.32. The van der Waals surface area contributed by atoms with E-state index in [2.05, 4.69) is 5.32 Å². The Morgan fingerprint density at radius 2 is 1.95 bits per heavy atom. The second-order valence-corrected chi connectivity index (χ2v) is 4.97. The van der Waals surface area contributed by atoms with E-state index in [4.69, 9.17) is 28.5 Å². The lowest BCUT2D eigenvalue weighted by molar-refractivity contribution is -0.116. The molecule has 0 aliphatic rings. The third-order valence-electron chi connectivity index (χ3n) is 2.63. The standard InChI is InChI=1S/C15H10Cl2N2O/c16-12-5-2-4-11(8-12)14(17)15(20)19-13-6-1-3-10(7-13)9-18/h1-8,14H,(H,19,20). The smallest absolute Gasteiger partial charge is 0.246 e. The summed E-state index contributed by atoms with van der Waals surface area (Å²) in [6, 6.07) is 15.5. The molecule has 0 radical (unpaired) electrons. The number of anilines is 1. The van der Waals surface area contributed by atoms with E-state index in [9.17, 15) is 4.79 Å². The van der Waals surface area contributed by atoms with Crippen LogP contribution < -0.4 is 5.32 Å². The highest BCUT2D eigenvalue weighted by Crippen LogP contribution is 2.25. The van der Waals surface area contributed by atoms with Gasteiger partial charge in [0.1, 0.15) is 5.38 Å². The molecule has 0 aliphatic heterocycles. The van der Waals surface area contributed by atoms with Crippen LogP contribution in [-0.4, -0.2) is 5.91 Å². The zero-order valence-corrected chi connectivity index (χ0v) is 11.8. The van der Waals surface area contributed by atoms with Gasteiger partial charge in [-0.3, -0.25) is 4.79 Å². The van der Waals surface area contributed by atoms with E-state index in [1.165, 1.54) is 0 Å². The Labute approximate surface area is 126 Å². The zero-order valence-electron chi connectivity index (χ0n) is 10.3. The topological polar surface area (TPSA) is 52.9 Å². The van der Waals surface area contributed by atoms with Gasteiger partial charge in [-0.2, -0.15) is 5.26 Å². The van der Waals surface area contributed by atoms with Gasteiger partial charge in [-0.1, -0.05) is 29.8 Å². The predicted molar refractivity (Wildman–Crippen MR) is 79.8 cm³/mol. The number of nitriles is 1. The van der Waals surface area contributed by atoms with E-state index in [1.807, 2.05) is 6.07 Å². The van der Waals surface area contributed by atoms with Crippen LogP contribution in [0.1, 0.15) is 16.5 Å². The maximum absolute atomic E-state index is 12.1. The van der Waals surface area contributed by atoms with Crippen LogP contribution in [0.25, 0.3) is 0 Å². The van der Waals surface area contributed by atoms with Gasteiger partial charge in [0.05, 0.1) is 11.6 Å². The van der Waals surface area contributed by atoms with Gasteiger partial charge in [0.25, 0.3) is 0 Å². The van der Waals surface area contributed by atoms with Crippen molar-refractivity contribution in [2.75, 3.05) is 5.32 Å². The highest BCUT2D eigenvalue weighted by molar-refractivity contribution is 6.33. The monoisotopic (exact) mass is 304 g/mol. The van der Waals surface area contributed by atoms with Crippen molar-refractivity contribution in [1.82, 2.24) is 0 Å². The number of halogens is 2. The summed E-state index contributed by atoms with van der Waals surface area (Å²) >= 11 is 12.0. The second kappa shape index (κ2) is 6.42. The molecule has 1 amide bonds. The SMILES string of the molecule is N#Cc1cccc(NC(=O)C(Cl)c2cccc(Cl)c2)c1. The van der Waals surface area contributed by atoms with Crippen molar-refractivity contribution in [2.24, 2.45) is 0 Å². The first-order valence-corrected chi connectivity index (χ1v) is 6.62. The molecule has 0 heterocycles. The van der Waals surface area contributed by atoms with E-state index in [0.29, 0.717) is 21.8 Å². The van der Waals surface area contributed by atoms with Crippen molar-refractivity contribution in [1.29, 1.82) is 5.26 Å². The molecule has 0 aromatic heterocycles. The minimum atomic E-state index is -0.848. The Hall–Kier alpha value is -2.02. The fourth-order valence-corrected chi connectivity index (χ4v) is 2.08. The van der Waals surface area contributed by atoms with Crippen LogP contribution in [0.2, 0.25) is 5.02 Å². The molecule has 20 heavy (non-hydrogen) atoms. The number of carbonyl (C=O) groups excluding carboxylic acids is 1. The number of benzene rings is 2. The van der Waals surface area contributed by atoms with Crippen molar-refractivity contribution in [2.45, 2.75) is 5.38 Å². The summed E-state index contributed by atoms with van der Waals surface area (Å²) in [5.74, 6) is -0.371. The Morgan fingerprint density at radius 3 is 2.65 bits per heavy atom. The molecular formula is C15H10Cl2N2O. The molecule has 0 aliphatic carbocycles. The lowest BCUT2D eigenvalue weighted by Gasteiger charge is -2.11. The van der Waals surface area contributed by atoms with E-state index in [-0.39, 0.29) is 5.91 Å². The van der Waals surface area contributed by atoms with Gasteiger partial charge in [-0.15, -0.1) is 11.6 Å². The molecule has 2 rings (SSSR count). The number of hydrogen-bond acceptors (Lipinski definition) is 2. The minimum absolute atomic E-state index is 0.371. The normalized spacial score (nSPS) is 11.4. The zero-order chi connectivity index (χ0) is 14.5. The first-order chi connectivity index (χ1) is 9.60. The van der Waals surface area contributed by atoms with E-state index in [1.54, 1.807) is 48.5 Å². The van der Waals surface area contributed by atoms with Gasteiger partial charge in [-0.25, -0.2) is 0 Å². The first-order valence-electron chi connectivity index (χ1n) is 5.81. The fraction of sp³-hybridized carbons (Fsp3) is 0.0667. The van der Waals surface area contributed by atoms with E-state index in [0.717, 1.165) is 0 Å². The molecule has 2 aromatic rings.